The van der Waals surface area contributed by atoms with Crippen molar-refractivity contribution in [2.45, 2.75) is 32.6 Å². The molecule has 4 rings (SSSR count). The minimum absolute atomic E-state index is 0.0142. The molecule has 0 unspecified atom stereocenters. The van der Waals surface area contributed by atoms with Gasteiger partial charge < -0.3 is 5.11 Å². The van der Waals surface area contributed by atoms with E-state index in [2.05, 4.69) is 17.5 Å². The van der Waals surface area contributed by atoms with Gasteiger partial charge in [0.1, 0.15) is 5.75 Å². The number of nitrogens with zero attached hydrogens (tertiary/aromatic N) is 1. The zero-order valence-electron chi connectivity index (χ0n) is 13.8. The first-order chi connectivity index (χ1) is 11.6. The van der Waals surface area contributed by atoms with Crippen LogP contribution in [0.1, 0.15) is 38.2 Å². The van der Waals surface area contributed by atoms with Gasteiger partial charge in [0.2, 0.25) is 5.91 Å². The molecule has 0 bridgehead atoms. The molecule has 0 radical (unpaired) electrons. The second kappa shape index (κ2) is 5.62. The number of phenols is 1. The van der Waals surface area contributed by atoms with Crippen molar-refractivity contribution in [2.24, 2.45) is 22.4 Å². The first-order valence-electron chi connectivity index (χ1n) is 8.65. The van der Waals surface area contributed by atoms with E-state index < -0.39 is 0 Å². The van der Waals surface area contributed by atoms with Gasteiger partial charge in [0.15, 0.2) is 0 Å². The van der Waals surface area contributed by atoms with Crippen LogP contribution in [0.15, 0.2) is 41.5 Å². The summed E-state index contributed by atoms with van der Waals surface area (Å²) in [5.74, 6) is 0.796. The summed E-state index contributed by atoms with van der Waals surface area (Å²) in [7, 11) is 0. The van der Waals surface area contributed by atoms with Crippen LogP contribution in [-0.4, -0.2) is 17.2 Å². The number of hydrogen-bond acceptors (Lipinski definition) is 3. The Morgan fingerprint density at radius 1 is 1.29 bits per heavy atom. The minimum Gasteiger partial charge on any atom is -0.507 e. The highest BCUT2D eigenvalue weighted by molar-refractivity contribution is 6.02. The third-order valence-electron chi connectivity index (χ3n) is 5.93. The van der Waals surface area contributed by atoms with Crippen LogP contribution in [0.25, 0.3) is 10.8 Å². The fraction of sp³-hybridized carbons (Fsp3) is 0.400. The number of carbonyl (C=O) groups is 1. The monoisotopic (exact) mass is 322 g/mol. The van der Waals surface area contributed by atoms with Crippen molar-refractivity contribution in [3.8, 4) is 5.75 Å². The molecule has 0 aromatic heterocycles. The third-order valence-corrected chi connectivity index (χ3v) is 5.93. The summed E-state index contributed by atoms with van der Waals surface area (Å²) < 4.78 is 0. The van der Waals surface area contributed by atoms with Crippen LogP contribution in [0, 0.1) is 17.3 Å². The van der Waals surface area contributed by atoms with Crippen molar-refractivity contribution in [2.75, 3.05) is 0 Å². The van der Waals surface area contributed by atoms with E-state index in [1.807, 2.05) is 30.3 Å². The van der Waals surface area contributed by atoms with Gasteiger partial charge in [-0.3, -0.25) is 4.79 Å². The van der Waals surface area contributed by atoms with Crippen molar-refractivity contribution >= 4 is 22.9 Å². The smallest absolute Gasteiger partial charge is 0.244 e. The number of hydrogen-bond donors (Lipinski definition) is 2. The predicted octanol–water partition coefficient (Wildman–Crippen LogP) is 3.82. The molecular formula is C20H22N2O2. The molecule has 24 heavy (non-hydrogen) atoms. The molecule has 2 saturated carbocycles. The molecule has 2 N–H and O–H groups in total. The molecule has 4 heteroatoms. The SMILES string of the molecule is C[C@@]12CCCC[C@@H]1[C@@H]2C(=O)N/N=C\c1c(O)ccc2ccccc12. The number of phenolic OH excluding ortho intramolecular Hbond substituents is 1. The number of carbonyl (C=O) groups excluding carboxylic acids is 1. The normalized spacial score (nSPS) is 28.7. The quantitative estimate of drug-likeness (QED) is 0.666. The Morgan fingerprint density at radius 3 is 2.92 bits per heavy atom. The van der Waals surface area contributed by atoms with Crippen LogP contribution in [0.3, 0.4) is 0 Å². The van der Waals surface area contributed by atoms with Crippen molar-refractivity contribution in [3.05, 3.63) is 42.0 Å². The number of nitrogens with one attached hydrogen (secondary N) is 1. The van der Waals surface area contributed by atoms with E-state index in [0.29, 0.717) is 11.5 Å². The van der Waals surface area contributed by atoms with Gasteiger partial charge in [-0.25, -0.2) is 5.43 Å². The van der Waals surface area contributed by atoms with Gasteiger partial charge in [-0.1, -0.05) is 50.1 Å². The second-order valence-corrected chi connectivity index (χ2v) is 7.29. The highest BCUT2D eigenvalue weighted by Gasteiger charge is 2.64. The third kappa shape index (κ3) is 2.37. The first-order valence-corrected chi connectivity index (χ1v) is 8.65. The molecule has 0 spiro atoms. The molecule has 2 aliphatic carbocycles. The minimum atomic E-state index is 0.0142. The van der Waals surface area contributed by atoms with Crippen LogP contribution >= 0.6 is 0 Å². The molecule has 0 heterocycles. The van der Waals surface area contributed by atoms with E-state index in [4.69, 9.17) is 0 Å². The molecule has 2 aliphatic rings. The number of aromatic hydroxyl groups is 1. The highest BCUT2D eigenvalue weighted by Crippen LogP contribution is 2.66. The predicted molar refractivity (Wildman–Crippen MR) is 94.9 cm³/mol. The number of amides is 1. The van der Waals surface area contributed by atoms with E-state index in [9.17, 15) is 9.90 Å². The van der Waals surface area contributed by atoms with Crippen LogP contribution in [0.2, 0.25) is 0 Å². The zero-order chi connectivity index (χ0) is 16.7. The van der Waals surface area contributed by atoms with Crippen LogP contribution in [0.4, 0.5) is 0 Å². The number of benzene rings is 2. The molecule has 2 aromatic carbocycles. The lowest BCUT2D eigenvalue weighted by Crippen LogP contribution is -2.22. The van der Waals surface area contributed by atoms with Gasteiger partial charge in [-0.05, 0) is 41.0 Å². The molecule has 0 aliphatic heterocycles. The molecule has 3 atom stereocenters. The zero-order valence-corrected chi connectivity index (χ0v) is 13.8. The summed E-state index contributed by atoms with van der Waals surface area (Å²) in [6.07, 6.45) is 6.30. The Labute approximate surface area is 141 Å². The van der Waals surface area contributed by atoms with Gasteiger partial charge in [0.25, 0.3) is 0 Å². The van der Waals surface area contributed by atoms with E-state index >= 15 is 0 Å². The Balaban J connectivity index is 1.51. The fourth-order valence-electron chi connectivity index (χ4n) is 4.50. The number of rotatable bonds is 3. The van der Waals surface area contributed by atoms with Gasteiger partial charge in [0.05, 0.1) is 6.21 Å². The van der Waals surface area contributed by atoms with Crippen molar-refractivity contribution < 1.29 is 9.90 Å². The van der Waals surface area contributed by atoms with Crippen LogP contribution in [0.5, 0.6) is 5.75 Å². The molecule has 4 nitrogen and oxygen atoms in total. The summed E-state index contributed by atoms with van der Waals surface area (Å²) in [5, 5.41) is 16.2. The summed E-state index contributed by atoms with van der Waals surface area (Å²) in [6.45, 7) is 2.22. The molecule has 2 aromatic rings. The summed E-state index contributed by atoms with van der Waals surface area (Å²) in [4.78, 5) is 12.4. The number of fused-ring (bicyclic) bond motifs is 2. The second-order valence-electron chi connectivity index (χ2n) is 7.29. The highest BCUT2D eigenvalue weighted by atomic mass is 16.3. The van der Waals surface area contributed by atoms with Gasteiger partial charge >= 0.3 is 0 Å². The lowest BCUT2D eigenvalue weighted by Gasteiger charge is -2.15. The average molecular weight is 322 g/mol. The lowest BCUT2D eigenvalue weighted by atomic mass is 9.90. The molecule has 124 valence electrons. The van der Waals surface area contributed by atoms with E-state index in [1.54, 1.807) is 12.3 Å². The molecular weight excluding hydrogens is 300 g/mol. The number of hydrazone groups is 1. The largest absolute Gasteiger partial charge is 0.507 e. The Hall–Kier alpha value is -2.36. The van der Waals surface area contributed by atoms with Crippen molar-refractivity contribution in [1.82, 2.24) is 5.43 Å². The van der Waals surface area contributed by atoms with Crippen molar-refractivity contribution in [1.29, 1.82) is 0 Å². The topological polar surface area (TPSA) is 61.7 Å². The maximum atomic E-state index is 12.4. The maximum Gasteiger partial charge on any atom is 0.244 e. The lowest BCUT2D eigenvalue weighted by molar-refractivity contribution is -0.123. The maximum absolute atomic E-state index is 12.4. The van der Waals surface area contributed by atoms with Gasteiger partial charge in [0, 0.05) is 11.5 Å². The van der Waals surface area contributed by atoms with Crippen LogP contribution < -0.4 is 5.43 Å². The standard InChI is InChI=1S/C20H22N2O2/c1-20-11-5-4-8-16(20)18(20)19(24)22-21-12-15-14-7-3-2-6-13(14)9-10-17(15)23/h2-3,6-7,9-10,12,16,18,23H,4-5,8,11H2,1H3,(H,22,24)/b21-12-/t16-,18-,20-/m1/s1. The molecule has 2 fully saturated rings. The van der Waals surface area contributed by atoms with Crippen LogP contribution in [-0.2, 0) is 4.79 Å². The average Bonchev–Trinajstić information content (AvgIpc) is 3.22. The molecule has 1 amide bonds. The molecule has 0 saturated heterocycles. The van der Waals surface area contributed by atoms with E-state index in [1.165, 1.54) is 12.8 Å². The fourth-order valence-corrected chi connectivity index (χ4v) is 4.50. The van der Waals surface area contributed by atoms with E-state index in [-0.39, 0.29) is 23.0 Å². The summed E-state index contributed by atoms with van der Waals surface area (Å²) in [5.41, 5.74) is 3.50. The Bertz CT molecular complexity index is 829. The van der Waals surface area contributed by atoms with E-state index in [0.717, 1.165) is 23.6 Å². The van der Waals surface area contributed by atoms with Crippen molar-refractivity contribution in [3.63, 3.8) is 0 Å². The summed E-state index contributed by atoms with van der Waals surface area (Å²) in [6, 6.07) is 11.3. The van der Waals surface area contributed by atoms with Gasteiger partial charge in [-0.2, -0.15) is 5.10 Å². The Kier molecular flexibility index (Phi) is 3.56. The summed E-state index contributed by atoms with van der Waals surface area (Å²) >= 11 is 0. The Morgan fingerprint density at radius 2 is 2.12 bits per heavy atom. The van der Waals surface area contributed by atoms with Gasteiger partial charge in [-0.15, -0.1) is 0 Å². The first kappa shape index (κ1) is 15.2.